The summed E-state index contributed by atoms with van der Waals surface area (Å²) < 4.78 is 5.51. The molecular weight excluding hydrogens is 256 g/mol. The largest absolute Gasteiger partial charge is 0.465 e. The second kappa shape index (κ2) is 4.44. The lowest BCUT2D eigenvalue weighted by molar-refractivity contribution is -0.240. The van der Waals surface area contributed by atoms with Gasteiger partial charge in [0.25, 0.3) is 0 Å². The molecule has 0 heterocycles. The van der Waals surface area contributed by atoms with Gasteiger partial charge in [0.15, 0.2) is 0 Å². The normalized spacial score (nSPS) is 47.3. The molecule has 20 heavy (non-hydrogen) atoms. The minimum Gasteiger partial charge on any atom is -0.465 e. The van der Waals surface area contributed by atoms with E-state index in [9.17, 15) is 15.0 Å². The van der Waals surface area contributed by atoms with Gasteiger partial charge in [0.05, 0.1) is 23.7 Å². The van der Waals surface area contributed by atoms with Crippen molar-refractivity contribution in [3.63, 3.8) is 0 Å². The Labute approximate surface area is 120 Å². The first kappa shape index (κ1) is 14.3. The van der Waals surface area contributed by atoms with E-state index in [0.29, 0.717) is 31.8 Å². The van der Waals surface area contributed by atoms with Crippen LogP contribution in [0, 0.1) is 17.3 Å². The van der Waals surface area contributed by atoms with Crippen LogP contribution in [0.5, 0.6) is 0 Å². The topological polar surface area (TPSA) is 66.8 Å². The Morgan fingerprint density at radius 2 is 1.80 bits per heavy atom. The molecule has 4 bridgehead atoms. The van der Waals surface area contributed by atoms with E-state index in [1.807, 2.05) is 13.8 Å². The number of hydrogen-bond donors (Lipinski definition) is 2. The van der Waals surface area contributed by atoms with Crippen molar-refractivity contribution in [2.45, 2.75) is 70.0 Å². The molecule has 4 saturated carbocycles. The number of aliphatic hydroxyl groups is 2. The highest BCUT2D eigenvalue weighted by Gasteiger charge is 2.63. The molecule has 4 fully saturated rings. The second-order valence-corrected chi connectivity index (χ2v) is 7.87. The van der Waals surface area contributed by atoms with Crippen LogP contribution in [0.25, 0.3) is 0 Å². The van der Waals surface area contributed by atoms with Crippen LogP contribution in [0.1, 0.15) is 58.8 Å². The molecule has 3 atom stereocenters. The molecule has 0 aromatic heterocycles. The predicted molar refractivity (Wildman–Crippen MR) is 73.9 cm³/mol. The lowest BCUT2D eigenvalue weighted by atomic mass is 9.46. The minimum atomic E-state index is -0.739. The Balaban J connectivity index is 1.71. The predicted octanol–water partition coefficient (Wildman–Crippen LogP) is 2.02. The van der Waals surface area contributed by atoms with Gasteiger partial charge in [0.1, 0.15) is 0 Å². The van der Waals surface area contributed by atoms with Crippen LogP contribution in [0.2, 0.25) is 0 Å². The maximum absolute atomic E-state index is 11.9. The highest BCUT2D eigenvalue weighted by atomic mass is 16.5. The van der Waals surface area contributed by atoms with Gasteiger partial charge in [-0.1, -0.05) is 13.8 Å². The summed E-state index contributed by atoms with van der Waals surface area (Å²) in [6.07, 6.45) is 5.21. The summed E-state index contributed by atoms with van der Waals surface area (Å²) >= 11 is 0. The second-order valence-electron chi connectivity index (χ2n) is 7.87. The third-order valence-corrected chi connectivity index (χ3v) is 5.66. The summed E-state index contributed by atoms with van der Waals surface area (Å²) in [5, 5.41) is 21.3. The lowest BCUT2D eigenvalue weighted by Gasteiger charge is -2.63. The molecule has 4 aliphatic carbocycles. The van der Waals surface area contributed by atoms with Crippen LogP contribution < -0.4 is 0 Å². The van der Waals surface area contributed by atoms with Gasteiger partial charge in [-0.15, -0.1) is 0 Å². The summed E-state index contributed by atoms with van der Waals surface area (Å²) in [5.74, 6) is 0.154. The SMILES string of the molecule is CCC(C)C(=O)OCC12CC3CC(O)(CC(O)(C3)C1)C2. The average molecular weight is 282 g/mol. The molecule has 3 unspecified atom stereocenters. The fourth-order valence-electron chi connectivity index (χ4n) is 5.23. The summed E-state index contributed by atoms with van der Waals surface area (Å²) in [6.45, 7) is 4.21. The first-order valence-corrected chi connectivity index (χ1v) is 7.89. The highest BCUT2D eigenvalue weighted by molar-refractivity contribution is 5.71. The van der Waals surface area contributed by atoms with Crippen molar-refractivity contribution >= 4 is 5.97 Å². The van der Waals surface area contributed by atoms with E-state index in [1.54, 1.807) is 0 Å². The molecule has 0 spiro atoms. The zero-order valence-electron chi connectivity index (χ0n) is 12.5. The first-order chi connectivity index (χ1) is 9.27. The van der Waals surface area contributed by atoms with Crippen LogP contribution in [0.3, 0.4) is 0 Å². The molecule has 4 rings (SSSR count). The zero-order chi connectivity index (χ0) is 14.6. The summed E-state index contributed by atoms with van der Waals surface area (Å²) in [6, 6.07) is 0. The van der Waals surface area contributed by atoms with Crippen molar-refractivity contribution in [3.05, 3.63) is 0 Å². The summed E-state index contributed by atoms with van der Waals surface area (Å²) in [5.41, 5.74) is -1.68. The maximum Gasteiger partial charge on any atom is 0.308 e. The van der Waals surface area contributed by atoms with Gasteiger partial charge in [-0.2, -0.15) is 0 Å². The molecule has 0 aliphatic heterocycles. The zero-order valence-corrected chi connectivity index (χ0v) is 12.5. The van der Waals surface area contributed by atoms with Crippen molar-refractivity contribution in [2.24, 2.45) is 17.3 Å². The summed E-state index contributed by atoms with van der Waals surface area (Å²) in [4.78, 5) is 11.9. The first-order valence-electron chi connectivity index (χ1n) is 7.89. The molecule has 0 radical (unpaired) electrons. The molecule has 0 aromatic rings. The van der Waals surface area contributed by atoms with Gasteiger partial charge in [0.2, 0.25) is 0 Å². The number of hydrogen-bond acceptors (Lipinski definition) is 4. The molecule has 0 saturated heterocycles. The molecule has 0 aromatic carbocycles. The third kappa shape index (κ3) is 2.37. The van der Waals surface area contributed by atoms with Crippen LogP contribution >= 0.6 is 0 Å². The maximum atomic E-state index is 11.9. The van der Waals surface area contributed by atoms with E-state index in [-0.39, 0.29) is 17.3 Å². The van der Waals surface area contributed by atoms with Crippen molar-refractivity contribution < 1.29 is 19.7 Å². The quantitative estimate of drug-likeness (QED) is 0.774. The number of carbonyl (C=O) groups is 1. The van der Waals surface area contributed by atoms with Gasteiger partial charge < -0.3 is 14.9 Å². The molecular formula is C16H26O4. The molecule has 0 amide bonds. The lowest BCUT2D eigenvalue weighted by Crippen LogP contribution is -2.64. The van der Waals surface area contributed by atoms with E-state index in [2.05, 4.69) is 0 Å². The Morgan fingerprint density at radius 1 is 1.20 bits per heavy atom. The van der Waals surface area contributed by atoms with Crippen molar-refractivity contribution in [2.75, 3.05) is 6.61 Å². The van der Waals surface area contributed by atoms with E-state index in [0.717, 1.165) is 25.7 Å². The molecule has 4 aliphatic rings. The van der Waals surface area contributed by atoms with E-state index in [1.165, 1.54) is 0 Å². The van der Waals surface area contributed by atoms with Crippen molar-refractivity contribution in [1.82, 2.24) is 0 Å². The van der Waals surface area contributed by atoms with Gasteiger partial charge in [-0.25, -0.2) is 0 Å². The fourth-order valence-corrected chi connectivity index (χ4v) is 5.23. The van der Waals surface area contributed by atoms with E-state index in [4.69, 9.17) is 4.74 Å². The average Bonchev–Trinajstić information content (AvgIpc) is 2.30. The Morgan fingerprint density at radius 3 is 2.30 bits per heavy atom. The van der Waals surface area contributed by atoms with Crippen LogP contribution in [0.4, 0.5) is 0 Å². The fraction of sp³-hybridized carbons (Fsp3) is 0.938. The van der Waals surface area contributed by atoms with Crippen LogP contribution in [-0.2, 0) is 9.53 Å². The standard InChI is InChI=1S/C16H26O4/c1-3-11(2)13(17)20-10-14-4-12-5-15(18,7-14)9-16(19,6-12)8-14/h11-12,18-19H,3-10H2,1-2H3. The van der Waals surface area contributed by atoms with E-state index >= 15 is 0 Å². The van der Waals surface area contributed by atoms with Gasteiger partial charge in [-0.05, 0) is 44.4 Å². The number of rotatable bonds is 4. The van der Waals surface area contributed by atoms with Crippen LogP contribution in [0.15, 0.2) is 0 Å². The minimum absolute atomic E-state index is 0.0740. The number of carbonyl (C=O) groups excluding carboxylic acids is 1. The van der Waals surface area contributed by atoms with Crippen LogP contribution in [-0.4, -0.2) is 34.0 Å². The third-order valence-electron chi connectivity index (χ3n) is 5.66. The number of esters is 1. The molecule has 114 valence electrons. The molecule has 4 nitrogen and oxygen atoms in total. The molecule has 2 N–H and O–H groups in total. The number of ether oxygens (including phenoxy) is 1. The Kier molecular flexibility index (Phi) is 3.18. The highest BCUT2D eigenvalue weighted by Crippen LogP contribution is 2.63. The van der Waals surface area contributed by atoms with Gasteiger partial charge in [0, 0.05) is 11.8 Å². The smallest absolute Gasteiger partial charge is 0.308 e. The van der Waals surface area contributed by atoms with Gasteiger partial charge >= 0.3 is 5.97 Å². The Bertz CT molecular complexity index is 401. The van der Waals surface area contributed by atoms with Crippen molar-refractivity contribution in [3.8, 4) is 0 Å². The molecule has 4 heteroatoms. The Hall–Kier alpha value is -0.610. The van der Waals surface area contributed by atoms with E-state index < -0.39 is 11.2 Å². The summed E-state index contributed by atoms with van der Waals surface area (Å²) in [7, 11) is 0. The monoisotopic (exact) mass is 282 g/mol. The van der Waals surface area contributed by atoms with Crippen molar-refractivity contribution in [1.29, 1.82) is 0 Å². The van der Waals surface area contributed by atoms with Gasteiger partial charge in [-0.3, -0.25) is 4.79 Å².